The second-order valence-corrected chi connectivity index (χ2v) is 19.4. The van der Waals surface area contributed by atoms with Crippen molar-refractivity contribution in [3.8, 4) is 0 Å². The highest BCUT2D eigenvalue weighted by Gasteiger charge is 2.57. The molecule has 70 heavy (non-hydrogen) atoms. The molecule has 5 saturated heterocycles. The Bertz CT molecular complexity index is 1850. The molecule has 24 atom stereocenters. The van der Waals surface area contributed by atoms with E-state index >= 15 is 0 Å². The second-order valence-electron chi connectivity index (χ2n) is 16.9. The largest absolute Gasteiger partial charge is 0.469 e. The van der Waals surface area contributed by atoms with Crippen LogP contribution in [0.3, 0.4) is 0 Å². The lowest BCUT2D eigenvalue weighted by Crippen LogP contribution is -2.72. The third-order valence-corrected chi connectivity index (χ3v) is 12.6. The molecule has 5 aliphatic heterocycles. The Morgan fingerprint density at radius 2 is 0.871 bits per heavy atom. The highest BCUT2D eigenvalue weighted by molar-refractivity contribution is 7.46. The van der Waals surface area contributed by atoms with E-state index in [1.54, 1.807) is 0 Å². The number of aliphatic hydroxyl groups is 9. The van der Waals surface area contributed by atoms with Crippen LogP contribution in [0.25, 0.3) is 0 Å². The molecule has 0 aromatic heterocycles. The number of phosphoric ester groups is 2. The van der Waals surface area contributed by atoms with Gasteiger partial charge in [0.2, 0.25) is 17.7 Å². The minimum Gasteiger partial charge on any atom is -0.394 e. The molecule has 1 unspecified atom stereocenters. The third kappa shape index (κ3) is 14.6. The maximum Gasteiger partial charge on any atom is 0.469 e. The van der Waals surface area contributed by atoms with E-state index in [4.69, 9.17) is 52.9 Å². The zero-order chi connectivity index (χ0) is 52.3. The van der Waals surface area contributed by atoms with Crippen LogP contribution in [0.2, 0.25) is 0 Å². The van der Waals surface area contributed by atoms with E-state index in [1.807, 2.05) is 0 Å². The summed E-state index contributed by atoms with van der Waals surface area (Å²) in [4.78, 5) is 76.6. The average Bonchev–Trinajstić information content (AvgIpc) is 3.53. The number of nitrogens with one attached hydrogen (secondary N) is 3. The molecule has 0 radical (unpaired) electrons. The second kappa shape index (κ2) is 24.5. The zero-order valence-electron chi connectivity index (χ0n) is 37.5. The van der Waals surface area contributed by atoms with Gasteiger partial charge in [0.05, 0.1) is 38.6 Å². The predicted molar refractivity (Wildman–Crippen MR) is 218 cm³/mol. The summed E-state index contributed by atoms with van der Waals surface area (Å²) >= 11 is 0. The summed E-state index contributed by atoms with van der Waals surface area (Å²) in [7, 11) is -10.8. The molecule has 0 spiro atoms. The van der Waals surface area contributed by atoms with Gasteiger partial charge in [-0.1, -0.05) is 0 Å². The number of hydrogen-bond acceptors (Lipinski definition) is 26. The van der Waals surface area contributed by atoms with Crippen LogP contribution in [0.5, 0.6) is 0 Å². The summed E-state index contributed by atoms with van der Waals surface area (Å²) in [5.74, 6) is -2.58. The molecule has 33 nitrogen and oxygen atoms in total. The number of phosphoric acid groups is 2. The van der Waals surface area contributed by atoms with Gasteiger partial charge in [0, 0.05) is 20.8 Å². The van der Waals surface area contributed by atoms with Crippen molar-refractivity contribution in [3.05, 3.63) is 0 Å². The molecule has 3 amide bonds. The third-order valence-electron chi connectivity index (χ3n) is 11.7. The zero-order valence-corrected chi connectivity index (χ0v) is 39.3. The lowest BCUT2D eigenvalue weighted by Gasteiger charge is -2.51. The maximum atomic E-state index is 12.8. The number of aliphatic hydroxyl groups excluding tert-OH is 9. The number of carbonyl (C=O) groups is 3. The Morgan fingerprint density at radius 3 is 1.39 bits per heavy atom. The van der Waals surface area contributed by atoms with Crippen molar-refractivity contribution < 1.29 is 141 Å². The molecule has 0 aromatic carbocycles. The monoisotopic (exact) mass is 1060 g/mol. The van der Waals surface area contributed by atoms with Gasteiger partial charge >= 0.3 is 15.6 Å². The van der Waals surface area contributed by atoms with Crippen molar-refractivity contribution in [1.82, 2.24) is 16.0 Å². The maximum absolute atomic E-state index is 12.8. The minimum atomic E-state index is -5.43. The number of carbonyl (C=O) groups excluding carboxylic acids is 3. The van der Waals surface area contributed by atoms with Crippen LogP contribution >= 0.6 is 15.6 Å². The van der Waals surface area contributed by atoms with Crippen LogP contribution in [0.15, 0.2) is 0 Å². The standard InChI is InChI=1S/C35H62N4O29P2/c1-9-17(36)29(66-34-27(51)25(49)21(45)13(5-40)61-34)19(38-11(3)43)32(60-9)65-28-16(8-59-70(55,56)57)64-31(18(24(28)48)37-10(2)42)67-30-20(39-12(4)44)33(63-15(23(30)47)7-58-69(52,53)54)68-35-26(50)22(46)14(6-41)62-35/h9,13-35,40-41,45-51H,5-8,36H2,1-4H3,(H,37,42)(H,38,43)(H,39,44)(H2,52,53,54)(H2,55,56,57)/t9-,13-,14-,15-,16-,17+,18-,19-,20-,21-,22-,23+,24-,25+,26-,27-,28+,29+,30-,31-,32+,33+,34+,35?/m1/s1. The van der Waals surface area contributed by atoms with Crippen LogP contribution in [0.4, 0.5) is 0 Å². The van der Waals surface area contributed by atoms with Gasteiger partial charge in [0.1, 0.15) is 104 Å². The number of hydrogen-bond donors (Lipinski definition) is 17. The van der Waals surface area contributed by atoms with Crippen molar-refractivity contribution in [3.63, 3.8) is 0 Å². The fourth-order valence-corrected chi connectivity index (χ4v) is 8.95. The van der Waals surface area contributed by atoms with E-state index in [0.29, 0.717) is 0 Å². The van der Waals surface area contributed by atoms with Crippen molar-refractivity contribution in [2.45, 2.75) is 175 Å². The fraction of sp³-hybridized carbons (Fsp3) is 0.914. The Hall–Kier alpha value is -2.13. The van der Waals surface area contributed by atoms with Crippen LogP contribution in [0.1, 0.15) is 27.7 Å². The van der Waals surface area contributed by atoms with Gasteiger partial charge in [0.15, 0.2) is 31.5 Å². The Morgan fingerprint density at radius 1 is 0.486 bits per heavy atom. The molecule has 5 aliphatic rings. The molecule has 0 aliphatic carbocycles. The topological polar surface area (TPSA) is 512 Å². The van der Waals surface area contributed by atoms with Crippen molar-refractivity contribution in [1.29, 1.82) is 0 Å². The lowest BCUT2D eigenvalue weighted by atomic mass is 9.92. The summed E-state index contributed by atoms with van der Waals surface area (Å²) in [6.45, 7) is 0.366. The minimum absolute atomic E-state index is 0.785. The normalized spacial score (nSPS) is 43.9. The number of rotatable bonds is 19. The van der Waals surface area contributed by atoms with Gasteiger partial charge in [-0.3, -0.25) is 23.4 Å². The van der Waals surface area contributed by atoms with Gasteiger partial charge in [-0.2, -0.15) is 0 Å². The summed E-state index contributed by atoms with van der Waals surface area (Å²) < 4.78 is 85.8. The first kappa shape index (κ1) is 58.8. The molecule has 5 rings (SSSR count). The quantitative estimate of drug-likeness (QED) is 0.0534. The SMILES string of the molecule is CC(=O)N[C@H]1[C@@H](O[C@H]2[C@@H](O)[C@@H](COP(=O)(O)O)O[C@@H](OC3O[C@H](CO)[C@@H](O)[C@H]3O)[C@@H]2NC(C)=O)O[C@H](COP(=O)(O)O)[C@H](O[C@@H]2O[C@H](C)[C@H](N)[C@H](O[C@@H]3O[C@H](CO)[C@@H](O)[C@H](O)[C@H]3O)[C@H]2NC(C)=O)[C@@H]1O. The van der Waals surface area contributed by atoms with E-state index in [1.165, 1.54) is 6.92 Å². The summed E-state index contributed by atoms with van der Waals surface area (Å²) in [5, 5.41) is 103. The van der Waals surface area contributed by atoms with Crippen molar-refractivity contribution in [2.75, 3.05) is 26.4 Å². The van der Waals surface area contributed by atoms with E-state index in [2.05, 4.69) is 20.5 Å². The fourth-order valence-electron chi connectivity index (χ4n) is 8.27. The first-order valence-electron chi connectivity index (χ1n) is 21.4. The smallest absolute Gasteiger partial charge is 0.394 e. The average molecular weight is 1060 g/mol. The highest BCUT2D eigenvalue weighted by atomic mass is 31.2. The molecule has 406 valence electrons. The molecule has 5 heterocycles. The lowest BCUT2D eigenvalue weighted by molar-refractivity contribution is -0.361. The summed E-state index contributed by atoms with van der Waals surface area (Å²) in [6.07, 6.45) is -36.7. The Labute approximate surface area is 396 Å². The van der Waals surface area contributed by atoms with Crippen LogP contribution < -0.4 is 21.7 Å². The molecule has 5 fully saturated rings. The molecular weight excluding hydrogens is 1000 g/mol. The molecule has 0 aromatic rings. The predicted octanol–water partition coefficient (Wildman–Crippen LogP) is -9.63. The summed E-state index contributed by atoms with van der Waals surface area (Å²) in [6, 6.07) is -6.53. The van der Waals surface area contributed by atoms with Gasteiger partial charge in [-0.05, 0) is 6.92 Å². The molecule has 0 saturated carbocycles. The molecule has 0 bridgehead atoms. The van der Waals surface area contributed by atoms with Crippen LogP contribution in [-0.2, 0) is 75.2 Å². The van der Waals surface area contributed by atoms with Gasteiger partial charge in [0.25, 0.3) is 0 Å². The molecular formula is C35H62N4O29P2. The molecule has 18 N–H and O–H groups in total. The first-order valence-corrected chi connectivity index (χ1v) is 24.5. The molecule has 35 heteroatoms. The number of ether oxygens (including phenoxy) is 9. The van der Waals surface area contributed by atoms with Crippen molar-refractivity contribution >= 4 is 33.4 Å². The highest BCUT2D eigenvalue weighted by Crippen LogP contribution is 2.41. The van der Waals surface area contributed by atoms with Gasteiger partial charge in [-0.15, -0.1) is 0 Å². The van der Waals surface area contributed by atoms with Crippen molar-refractivity contribution in [2.24, 2.45) is 5.73 Å². The Balaban J connectivity index is 1.52. The Kier molecular flexibility index (Phi) is 20.5. The van der Waals surface area contributed by atoms with E-state index in [9.17, 15) is 89.0 Å². The van der Waals surface area contributed by atoms with E-state index in [0.717, 1.165) is 20.8 Å². The number of amides is 3. The van der Waals surface area contributed by atoms with E-state index < -0.39 is 207 Å². The first-order chi connectivity index (χ1) is 32.5. The van der Waals surface area contributed by atoms with Gasteiger partial charge < -0.3 is 130 Å². The van der Waals surface area contributed by atoms with Crippen LogP contribution in [-0.4, -0.2) is 257 Å². The van der Waals surface area contributed by atoms with E-state index in [-0.39, 0.29) is 0 Å². The summed E-state index contributed by atoms with van der Waals surface area (Å²) in [5.41, 5.74) is 6.44. The van der Waals surface area contributed by atoms with Crippen LogP contribution in [0, 0.1) is 0 Å². The number of nitrogens with two attached hydrogens (primary N) is 1. The van der Waals surface area contributed by atoms with Gasteiger partial charge in [-0.25, -0.2) is 9.13 Å².